The van der Waals surface area contributed by atoms with E-state index in [1.54, 1.807) is 11.3 Å². The Morgan fingerprint density at radius 1 is 1.55 bits per heavy atom. The van der Waals surface area contributed by atoms with Gasteiger partial charge in [0.05, 0.1) is 11.5 Å². The fourth-order valence-corrected chi connectivity index (χ4v) is 3.03. The van der Waals surface area contributed by atoms with E-state index in [0.717, 1.165) is 30.9 Å². The van der Waals surface area contributed by atoms with Crippen LogP contribution in [0.4, 0.5) is 0 Å². The van der Waals surface area contributed by atoms with Crippen molar-refractivity contribution in [1.29, 1.82) is 0 Å². The number of halogens is 2. The van der Waals surface area contributed by atoms with Gasteiger partial charge in [-0.1, -0.05) is 0 Å². The number of carbonyl (C=O) groups excluding carboxylic acids is 1. The van der Waals surface area contributed by atoms with Crippen LogP contribution in [0.5, 0.6) is 0 Å². The van der Waals surface area contributed by atoms with Crippen LogP contribution in [0.3, 0.4) is 0 Å². The molecule has 0 aliphatic carbocycles. The van der Waals surface area contributed by atoms with E-state index in [2.05, 4.69) is 15.6 Å². The van der Waals surface area contributed by atoms with Crippen molar-refractivity contribution >= 4 is 42.1 Å². The lowest BCUT2D eigenvalue weighted by Crippen LogP contribution is -2.49. The van der Waals surface area contributed by atoms with Crippen LogP contribution in [0.25, 0.3) is 0 Å². The summed E-state index contributed by atoms with van der Waals surface area (Å²) in [6, 6.07) is -0.00467. The third-order valence-electron chi connectivity index (χ3n) is 3.50. The molecule has 1 saturated heterocycles. The molecule has 0 aromatic carbocycles. The molecule has 0 spiro atoms. The summed E-state index contributed by atoms with van der Waals surface area (Å²) in [7, 11) is 0. The Kier molecular flexibility index (Phi) is 8.03. The Labute approximate surface area is 137 Å². The third-order valence-corrected chi connectivity index (χ3v) is 4.60. The zero-order chi connectivity index (χ0) is 13.2. The van der Waals surface area contributed by atoms with Crippen LogP contribution in [-0.4, -0.2) is 24.0 Å². The fourth-order valence-electron chi connectivity index (χ4n) is 2.25. The maximum atomic E-state index is 12.3. The second-order valence-electron chi connectivity index (χ2n) is 5.35. The van der Waals surface area contributed by atoms with Crippen molar-refractivity contribution in [1.82, 2.24) is 15.6 Å². The molecule has 2 rings (SSSR count). The van der Waals surface area contributed by atoms with E-state index in [9.17, 15) is 4.79 Å². The minimum atomic E-state index is -0.279. The average molecular weight is 340 g/mol. The van der Waals surface area contributed by atoms with Gasteiger partial charge >= 0.3 is 0 Å². The first-order chi connectivity index (χ1) is 8.51. The zero-order valence-corrected chi connectivity index (χ0v) is 14.5. The van der Waals surface area contributed by atoms with Gasteiger partial charge in [0.15, 0.2) is 0 Å². The first-order valence-electron chi connectivity index (χ1n) is 6.45. The lowest BCUT2D eigenvalue weighted by atomic mass is 9.82. The van der Waals surface area contributed by atoms with E-state index in [1.165, 1.54) is 4.88 Å². The molecule has 1 aliphatic rings. The third kappa shape index (κ3) is 4.58. The standard InChI is InChI=1S/C13H21N3OS.2ClH/c1-9-7-15-11(18-9)10(2)16-12(17)13(3)5-4-6-14-8-13;;/h7,10,14H,4-6,8H2,1-3H3,(H,16,17);2*1H. The summed E-state index contributed by atoms with van der Waals surface area (Å²) in [5, 5.41) is 7.37. The highest BCUT2D eigenvalue weighted by Crippen LogP contribution is 2.27. The minimum Gasteiger partial charge on any atom is -0.347 e. The van der Waals surface area contributed by atoms with Crippen LogP contribution in [0.15, 0.2) is 6.20 Å². The molecule has 2 unspecified atom stereocenters. The molecule has 1 aromatic rings. The van der Waals surface area contributed by atoms with Crippen molar-refractivity contribution < 1.29 is 4.79 Å². The number of piperidine rings is 1. The number of rotatable bonds is 3. The van der Waals surface area contributed by atoms with Gasteiger partial charge in [0.25, 0.3) is 0 Å². The van der Waals surface area contributed by atoms with Crippen LogP contribution in [-0.2, 0) is 4.79 Å². The van der Waals surface area contributed by atoms with E-state index in [-0.39, 0.29) is 42.2 Å². The smallest absolute Gasteiger partial charge is 0.227 e. The molecule has 1 amide bonds. The van der Waals surface area contributed by atoms with Gasteiger partial charge in [-0.2, -0.15) is 0 Å². The van der Waals surface area contributed by atoms with Gasteiger partial charge in [-0.25, -0.2) is 4.98 Å². The molecule has 4 nitrogen and oxygen atoms in total. The first kappa shape index (κ1) is 19.6. The Hall–Kier alpha value is -0.360. The number of nitrogens with zero attached hydrogens (tertiary/aromatic N) is 1. The summed E-state index contributed by atoms with van der Waals surface area (Å²) >= 11 is 1.64. The maximum Gasteiger partial charge on any atom is 0.227 e. The van der Waals surface area contributed by atoms with Gasteiger partial charge < -0.3 is 10.6 Å². The van der Waals surface area contributed by atoms with E-state index in [1.807, 2.05) is 27.0 Å². The Bertz CT molecular complexity index is 433. The molecule has 20 heavy (non-hydrogen) atoms. The van der Waals surface area contributed by atoms with Crippen molar-refractivity contribution in [3.8, 4) is 0 Å². The highest BCUT2D eigenvalue weighted by Gasteiger charge is 2.35. The molecule has 0 bridgehead atoms. The summed E-state index contributed by atoms with van der Waals surface area (Å²) in [5.74, 6) is 0.134. The molecule has 2 N–H and O–H groups in total. The normalized spacial score (nSPS) is 23.1. The maximum absolute atomic E-state index is 12.3. The van der Waals surface area contributed by atoms with Gasteiger partial charge in [0.2, 0.25) is 5.91 Å². The number of hydrogen-bond acceptors (Lipinski definition) is 4. The van der Waals surface area contributed by atoms with Crippen molar-refractivity contribution in [3.05, 3.63) is 16.1 Å². The first-order valence-corrected chi connectivity index (χ1v) is 7.27. The van der Waals surface area contributed by atoms with E-state index >= 15 is 0 Å². The summed E-state index contributed by atoms with van der Waals surface area (Å²) in [6.07, 6.45) is 3.87. The van der Waals surface area contributed by atoms with Crippen molar-refractivity contribution in [2.24, 2.45) is 5.41 Å². The summed E-state index contributed by atoms with van der Waals surface area (Å²) in [5.41, 5.74) is -0.279. The second kappa shape index (κ2) is 8.17. The lowest BCUT2D eigenvalue weighted by Gasteiger charge is -2.33. The van der Waals surface area contributed by atoms with Gasteiger partial charge in [-0.05, 0) is 40.2 Å². The molecule has 0 saturated carbocycles. The molecule has 1 fully saturated rings. The van der Waals surface area contributed by atoms with Crippen LogP contribution in [0.2, 0.25) is 0 Å². The number of amides is 1. The Balaban J connectivity index is 0.00000180. The molecular formula is C13H23Cl2N3OS. The predicted molar refractivity (Wildman–Crippen MR) is 88.1 cm³/mol. The lowest BCUT2D eigenvalue weighted by molar-refractivity contribution is -0.131. The molecule has 1 aromatic heterocycles. The van der Waals surface area contributed by atoms with Gasteiger partial charge in [0.1, 0.15) is 5.01 Å². The minimum absolute atomic E-state index is 0. The number of hydrogen-bond donors (Lipinski definition) is 2. The second-order valence-corrected chi connectivity index (χ2v) is 6.61. The van der Waals surface area contributed by atoms with Crippen molar-refractivity contribution in [3.63, 3.8) is 0 Å². The highest BCUT2D eigenvalue weighted by atomic mass is 35.5. The average Bonchev–Trinajstić information content (AvgIpc) is 2.77. The molecule has 116 valence electrons. The summed E-state index contributed by atoms with van der Waals surface area (Å²) < 4.78 is 0. The molecule has 2 heterocycles. The van der Waals surface area contributed by atoms with Crippen LogP contribution in [0, 0.1) is 12.3 Å². The largest absolute Gasteiger partial charge is 0.347 e. The molecule has 1 aliphatic heterocycles. The van der Waals surface area contributed by atoms with Gasteiger partial charge in [-0.3, -0.25) is 4.79 Å². The van der Waals surface area contributed by atoms with Crippen LogP contribution >= 0.6 is 36.2 Å². The Morgan fingerprint density at radius 3 is 2.75 bits per heavy atom. The number of aromatic nitrogens is 1. The fraction of sp³-hybridized carbons (Fsp3) is 0.692. The molecule has 2 atom stereocenters. The highest BCUT2D eigenvalue weighted by molar-refractivity contribution is 7.11. The van der Waals surface area contributed by atoms with E-state index in [4.69, 9.17) is 0 Å². The molecular weight excluding hydrogens is 317 g/mol. The Morgan fingerprint density at radius 2 is 2.25 bits per heavy atom. The number of thiazole rings is 1. The van der Waals surface area contributed by atoms with E-state index in [0.29, 0.717) is 0 Å². The van der Waals surface area contributed by atoms with Crippen molar-refractivity contribution in [2.45, 2.75) is 39.7 Å². The number of nitrogens with one attached hydrogen (secondary N) is 2. The number of carbonyl (C=O) groups is 1. The monoisotopic (exact) mass is 339 g/mol. The predicted octanol–water partition coefficient (Wildman–Crippen LogP) is 2.86. The summed E-state index contributed by atoms with van der Waals surface area (Å²) in [4.78, 5) is 17.8. The molecule has 0 radical (unpaired) electrons. The zero-order valence-electron chi connectivity index (χ0n) is 12.1. The van der Waals surface area contributed by atoms with Crippen LogP contribution < -0.4 is 10.6 Å². The van der Waals surface area contributed by atoms with Gasteiger partial charge in [0, 0.05) is 17.6 Å². The van der Waals surface area contributed by atoms with Crippen molar-refractivity contribution in [2.75, 3.05) is 13.1 Å². The van der Waals surface area contributed by atoms with Crippen LogP contribution in [0.1, 0.15) is 42.6 Å². The summed E-state index contributed by atoms with van der Waals surface area (Å²) in [6.45, 7) is 7.85. The SMILES string of the molecule is Cc1cnc(C(C)NC(=O)C2(C)CCCNC2)s1.Cl.Cl. The topological polar surface area (TPSA) is 54.0 Å². The quantitative estimate of drug-likeness (QED) is 0.890. The molecule has 7 heteroatoms. The van der Waals surface area contributed by atoms with E-state index < -0.39 is 0 Å². The van der Waals surface area contributed by atoms with Gasteiger partial charge in [-0.15, -0.1) is 36.2 Å². The number of aryl methyl sites for hydroxylation is 1.